The molecule has 0 aliphatic rings. The zero-order valence-corrected chi connectivity index (χ0v) is 13.6. The van der Waals surface area contributed by atoms with Crippen LogP contribution in [0.25, 0.3) is 0 Å². The van der Waals surface area contributed by atoms with E-state index in [0.29, 0.717) is 18.6 Å². The van der Waals surface area contributed by atoms with Crippen LogP contribution in [-0.4, -0.2) is 47.0 Å². The molecule has 20 heavy (non-hydrogen) atoms. The summed E-state index contributed by atoms with van der Waals surface area (Å²) in [5.41, 5.74) is 5.58. The SMILES string of the molecule is CC(C)C(C(=O)NCCN(C(C)C)C(C)C)C(N)=NO. The van der Waals surface area contributed by atoms with Crippen LogP contribution in [0, 0.1) is 11.8 Å². The lowest BCUT2D eigenvalue weighted by Gasteiger charge is -2.30. The van der Waals surface area contributed by atoms with E-state index in [1.165, 1.54) is 0 Å². The summed E-state index contributed by atoms with van der Waals surface area (Å²) in [6, 6.07) is 0.855. The Labute approximate surface area is 122 Å². The predicted molar refractivity (Wildman–Crippen MR) is 81.7 cm³/mol. The van der Waals surface area contributed by atoms with E-state index in [2.05, 4.69) is 43.1 Å². The fourth-order valence-corrected chi connectivity index (χ4v) is 2.37. The molecule has 0 bridgehead atoms. The maximum absolute atomic E-state index is 12.1. The molecule has 0 saturated heterocycles. The van der Waals surface area contributed by atoms with Crippen molar-refractivity contribution in [2.75, 3.05) is 13.1 Å². The van der Waals surface area contributed by atoms with Gasteiger partial charge in [-0.15, -0.1) is 0 Å². The molecule has 0 aliphatic heterocycles. The van der Waals surface area contributed by atoms with Crippen LogP contribution < -0.4 is 11.1 Å². The van der Waals surface area contributed by atoms with Gasteiger partial charge >= 0.3 is 0 Å². The molecule has 6 heteroatoms. The second-order valence-corrected chi connectivity index (χ2v) is 5.96. The van der Waals surface area contributed by atoms with Crippen LogP contribution in [-0.2, 0) is 4.79 Å². The number of nitrogens with one attached hydrogen (secondary N) is 1. The fraction of sp³-hybridized carbons (Fsp3) is 0.857. The first-order chi connectivity index (χ1) is 9.22. The molecule has 0 spiro atoms. The lowest BCUT2D eigenvalue weighted by atomic mass is 9.94. The summed E-state index contributed by atoms with van der Waals surface area (Å²) in [6.07, 6.45) is 0. The number of carbonyl (C=O) groups excluding carboxylic acids is 1. The number of amides is 1. The number of carbonyl (C=O) groups is 1. The molecule has 0 saturated carbocycles. The summed E-state index contributed by atoms with van der Waals surface area (Å²) in [5.74, 6) is -0.839. The molecular weight excluding hydrogens is 256 g/mol. The maximum atomic E-state index is 12.1. The Morgan fingerprint density at radius 1 is 1.20 bits per heavy atom. The third kappa shape index (κ3) is 5.77. The second-order valence-electron chi connectivity index (χ2n) is 5.96. The van der Waals surface area contributed by atoms with Crippen LogP contribution >= 0.6 is 0 Å². The summed E-state index contributed by atoms with van der Waals surface area (Å²) in [5, 5.41) is 14.6. The normalized spacial score (nSPS) is 14.4. The van der Waals surface area contributed by atoms with Crippen molar-refractivity contribution in [3.63, 3.8) is 0 Å². The Kier molecular flexibility index (Phi) is 8.22. The van der Waals surface area contributed by atoms with Crippen LogP contribution in [0.15, 0.2) is 5.16 Å². The van der Waals surface area contributed by atoms with Gasteiger partial charge in [0.15, 0.2) is 5.84 Å². The number of amidine groups is 1. The molecule has 118 valence electrons. The summed E-state index contributed by atoms with van der Waals surface area (Å²) in [4.78, 5) is 14.4. The smallest absolute Gasteiger partial charge is 0.231 e. The Balaban J connectivity index is 4.47. The van der Waals surface area contributed by atoms with Gasteiger partial charge in [0.25, 0.3) is 0 Å². The third-order valence-electron chi connectivity index (χ3n) is 3.38. The van der Waals surface area contributed by atoms with Gasteiger partial charge < -0.3 is 16.3 Å². The standard InChI is InChI=1S/C14H30N4O2/c1-9(2)12(13(15)17-20)14(19)16-7-8-18(10(3)4)11(5)6/h9-12,20H,7-8H2,1-6H3,(H2,15,17)(H,16,19). The topological polar surface area (TPSA) is 91.0 Å². The Bertz CT molecular complexity index is 319. The van der Waals surface area contributed by atoms with Crippen molar-refractivity contribution < 1.29 is 10.0 Å². The zero-order chi connectivity index (χ0) is 15.9. The van der Waals surface area contributed by atoms with E-state index in [0.717, 1.165) is 6.54 Å². The van der Waals surface area contributed by atoms with Crippen molar-refractivity contribution in [2.24, 2.45) is 22.7 Å². The first-order valence-corrected chi connectivity index (χ1v) is 7.23. The van der Waals surface area contributed by atoms with Gasteiger partial charge in [0, 0.05) is 25.2 Å². The molecule has 1 amide bonds. The van der Waals surface area contributed by atoms with Crippen LogP contribution in [0.1, 0.15) is 41.5 Å². The van der Waals surface area contributed by atoms with E-state index in [9.17, 15) is 4.79 Å². The van der Waals surface area contributed by atoms with Gasteiger partial charge in [-0.25, -0.2) is 0 Å². The van der Waals surface area contributed by atoms with Crippen molar-refractivity contribution in [3.8, 4) is 0 Å². The summed E-state index contributed by atoms with van der Waals surface area (Å²) >= 11 is 0. The molecule has 0 radical (unpaired) electrons. The monoisotopic (exact) mass is 286 g/mol. The Hall–Kier alpha value is -1.30. The molecule has 1 atom stereocenters. The van der Waals surface area contributed by atoms with E-state index < -0.39 is 5.92 Å². The molecule has 4 N–H and O–H groups in total. The average Bonchev–Trinajstić information content (AvgIpc) is 2.32. The molecule has 0 fully saturated rings. The van der Waals surface area contributed by atoms with E-state index in [-0.39, 0.29) is 17.7 Å². The van der Waals surface area contributed by atoms with Gasteiger partial charge in [-0.1, -0.05) is 19.0 Å². The van der Waals surface area contributed by atoms with Crippen molar-refractivity contribution in [1.82, 2.24) is 10.2 Å². The molecule has 0 rings (SSSR count). The summed E-state index contributed by atoms with van der Waals surface area (Å²) in [7, 11) is 0. The molecule has 6 nitrogen and oxygen atoms in total. The van der Waals surface area contributed by atoms with Crippen LogP contribution in [0.2, 0.25) is 0 Å². The third-order valence-corrected chi connectivity index (χ3v) is 3.38. The Morgan fingerprint density at radius 3 is 2.05 bits per heavy atom. The van der Waals surface area contributed by atoms with E-state index >= 15 is 0 Å². The number of hydrogen-bond donors (Lipinski definition) is 3. The lowest BCUT2D eigenvalue weighted by Crippen LogP contribution is -2.46. The zero-order valence-electron chi connectivity index (χ0n) is 13.6. The molecule has 1 unspecified atom stereocenters. The Morgan fingerprint density at radius 2 is 1.70 bits per heavy atom. The number of hydrogen-bond acceptors (Lipinski definition) is 4. The fourth-order valence-electron chi connectivity index (χ4n) is 2.37. The summed E-state index contributed by atoms with van der Waals surface area (Å²) < 4.78 is 0. The largest absolute Gasteiger partial charge is 0.409 e. The van der Waals surface area contributed by atoms with Crippen molar-refractivity contribution in [3.05, 3.63) is 0 Å². The molecule has 0 heterocycles. The molecule has 0 aromatic rings. The molecule has 0 aromatic carbocycles. The van der Waals surface area contributed by atoms with E-state index in [1.54, 1.807) is 0 Å². The van der Waals surface area contributed by atoms with E-state index in [4.69, 9.17) is 10.9 Å². The number of oxime groups is 1. The minimum Gasteiger partial charge on any atom is -0.409 e. The first kappa shape index (κ1) is 18.7. The van der Waals surface area contributed by atoms with Gasteiger partial charge in [-0.3, -0.25) is 9.69 Å². The second kappa shape index (κ2) is 8.79. The number of nitrogens with two attached hydrogens (primary N) is 1. The highest BCUT2D eigenvalue weighted by atomic mass is 16.4. The minimum atomic E-state index is -0.591. The van der Waals surface area contributed by atoms with Gasteiger partial charge in [-0.05, 0) is 33.6 Å². The van der Waals surface area contributed by atoms with Gasteiger partial charge in [0.1, 0.15) is 5.92 Å². The first-order valence-electron chi connectivity index (χ1n) is 7.23. The predicted octanol–water partition coefficient (Wildman–Crippen LogP) is 1.24. The van der Waals surface area contributed by atoms with Crippen molar-refractivity contribution in [1.29, 1.82) is 0 Å². The van der Waals surface area contributed by atoms with Crippen LogP contribution in [0.3, 0.4) is 0 Å². The van der Waals surface area contributed by atoms with Gasteiger partial charge in [0.2, 0.25) is 5.91 Å². The van der Waals surface area contributed by atoms with E-state index in [1.807, 2.05) is 13.8 Å². The van der Waals surface area contributed by atoms with Gasteiger partial charge in [0.05, 0.1) is 0 Å². The lowest BCUT2D eigenvalue weighted by molar-refractivity contribution is -0.124. The number of rotatable bonds is 8. The number of nitrogens with zero attached hydrogens (tertiary/aromatic N) is 2. The van der Waals surface area contributed by atoms with Crippen LogP contribution in [0.4, 0.5) is 0 Å². The highest BCUT2D eigenvalue weighted by molar-refractivity contribution is 6.02. The quantitative estimate of drug-likeness (QED) is 0.271. The van der Waals surface area contributed by atoms with Gasteiger partial charge in [-0.2, -0.15) is 0 Å². The molecule has 0 aromatic heterocycles. The van der Waals surface area contributed by atoms with Crippen molar-refractivity contribution in [2.45, 2.75) is 53.6 Å². The molecule has 0 aliphatic carbocycles. The average molecular weight is 286 g/mol. The van der Waals surface area contributed by atoms with Crippen LogP contribution in [0.5, 0.6) is 0 Å². The minimum absolute atomic E-state index is 0.0165. The highest BCUT2D eigenvalue weighted by Crippen LogP contribution is 2.11. The maximum Gasteiger partial charge on any atom is 0.231 e. The summed E-state index contributed by atoms with van der Waals surface area (Å²) in [6.45, 7) is 13.6. The molecular formula is C14H30N4O2. The van der Waals surface area contributed by atoms with Crippen molar-refractivity contribution >= 4 is 11.7 Å². The highest BCUT2D eigenvalue weighted by Gasteiger charge is 2.26.